The minimum absolute atomic E-state index is 0.236. The topological polar surface area (TPSA) is 62.3 Å². The number of likely N-dealkylation sites (tertiary alicyclic amines) is 1. The van der Waals surface area contributed by atoms with E-state index in [2.05, 4.69) is 14.6 Å². The van der Waals surface area contributed by atoms with Crippen LogP contribution in [0.25, 0.3) is 0 Å². The van der Waals surface area contributed by atoms with E-state index >= 15 is 0 Å². The first-order valence-corrected chi connectivity index (χ1v) is 11.0. The number of piperidine rings is 1. The van der Waals surface area contributed by atoms with Crippen molar-refractivity contribution in [1.82, 2.24) is 14.6 Å². The molecule has 1 fully saturated rings. The molecule has 1 aromatic carbocycles. The summed E-state index contributed by atoms with van der Waals surface area (Å²) in [4.78, 5) is 7.34. The third-order valence-electron chi connectivity index (χ3n) is 4.47. The third kappa shape index (κ3) is 4.88. The Labute approximate surface area is 154 Å². The molecule has 0 unspecified atom stereocenters. The average molecular weight is 380 g/mol. The van der Waals surface area contributed by atoms with Crippen LogP contribution < -0.4 is 4.72 Å². The van der Waals surface area contributed by atoms with E-state index < -0.39 is 10.0 Å². The van der Waals surface area contributed by atoms with Crippen LogP contribution in [-0.2, 0) is 23.1 Å². The molecule has 2 heterocycles. The number of nitrogens with zero attached hydrogens (tertiary/aromatic N) is 2. The maximum absolute atomic E-state index is 12.5. The standard InChI is InChI=1S/C18H25N3O2S2/c1-14-6-7-17(15(2)10-14)25(22,23)19-11-18-20-16(13-24-18)12-21-8-4-3-5-9-21/h6-7,10,13,19H,3-5,8-9,11-12H2,1-2H3. The first-order valence-electron chi connectivity index (χ1n) is 8.66. The molecule has 0 amide bonds. The van der Waals surface area contributed by atoms with Crippen molar-refractivity contribution in [2.45, 2.75) is 51.1 Å². The maximum Gasteiger partial charge on any atom is 0.241 e. The van der Waals surface area contributed by atoms with Gasteiger partial charge in [0.15, 0.2) is 0 Å². The molecule has 3 rings (SSSR count). The number of aromatic nitrogens is 1. The number of aryl methyl sites for hydroxylation is 2. The van der Waals surface area contributed by atoms with E-state index in [9.17, 15) is 8.42 Å². The molecular weight excluding hydrogens is 354 g/mol. The van der Waals surface area contributed by atoms with Crippen molar-refractivity contribution in [2.75, 3.05) is 13.1 Å². The van der Waals surface area contributed by atoms with Gasteiger partial charge in [0, 0.05) is 11.9 Å². The van der Waals surface area contributed by atoms with Crippen LogP contribution in [0, 0.1) is 13.8 Å². The van der Waals surface area contributed by atoms with Crippen LogP contribution in [0.4, 0.5) is 0 Å². The normalized spacial score (nSPS) is 16.2. The fourth-order valence-corrected chi connectivity index (χ4v) is 5.21. The molecule has 1 N–H and O–H groups in total. The van der Waals surface area contributed by atoms with Crippen LogP contribution in [0.15, 0.2) is 28.5 Å². The number of thiazole rings is 1. The summed E-state index contributed by atoms with van der Waals surface area (Å²) in [6.07, 6.45) is 3.83. The first kappa shape index (κ1) is 18.5. The van der Waals surface area contributed by atoms with E-state index in [-0.39, 0.29) is 6.54 Å². The number of rotatable bonds is 6. The summed E-state index contributed by atoms with van der Waals surface area (Å²) in [5.74, 6) is 0. The Hall–Kier alpha value is -1.28. The Bertz CT molecular complexity index is 825. The van der Waals surface area contributed by atoms with Gasteiger partial charge < -0.3 is 0 Å². The second-order valence-electron chi connectivity index (χ2n) is 6.66. The van der Waals surface area contributed by atoms with Gasteiger partial charge in [-0.15, -0.1) is 11.3 Å². The zero-order chi connectivity index (χ0) is 17.9. The van der Waals surface area contributed by atoms with Gasteiger partial charge in [-0.1, -0.05) is 24.1 Å². The lowest BCUT2D eigenvalue weighted by atomic mass is 10.1. The van der Waals surface area contributed by atoms with E-state index in [0.29, 0.717) is 4.90 Å². The lowest BCUT2D eigenvalue weighted by Crippen LogP contribution is -2.29. The summed E-state index contributed by atoms with van der Waals surface area (Å²) in [7, 11) is -3.52. The lowest BCUT2D eigenvalue weighted by Gasteiger charge is -2.25. The molecule has 7 heteroatoms. The van der Waals surface area contributed by atoms with Crippen molar-refractivity contribution in [2.24, 2.45) is 0 Å². The van der Waals surface area contributed by atoms with E-state index in [1.807, 2.05) is 31.4 Å². The van der Waals surface area contributed by atoms with Crippen LogP contribution in [-0.4, -0.2) is 31.4 Å². The van der Waals surface area contributed by atoms with Gasteiger partial charge in [-0.25, -0.2) is 18.1 Å². The molecule has 5 nitrogen and oxygen atoms in total. The highest BCUT2D eigenvalue weighted by atomic mass is 32.2. The maximum atomic E-state index is 12.5. The van der Waals surface area contributed by atoms with Crippen LogP contribution in [0.2, 0.25) is 0 Å². The molecule has 0 aliphatic carbocycles. The third-order valence-corrected chi connectivity index (χ3v) is 6.93. The Morgan fingerprint density at radius 1 is 1.20 bits per heavy atom. The summed E-state index contributed by atoms with van der Waals surface area (Å²) in [6, 6.07) is 5.37. The van der Waals surface area contributed by atoms with Gasteiger partial charge in [0.2, 0.25) is 10.0 Å². The summed E-state index contributed by atoms with van der Waals surface area (Å²) in [5, 5.41) is 2.84. The molecule has 1 aliphatic rings. The van der Waals surface area contributed by atoms with Gasteiger partial charge in [0.05, 0.1) is 17.1 Å². The average Bonchev–Trinajstić information content (AvgIpc) is 3.01. The lowest BCUT2D eigenvalue weighted by molar-refractivity contribution is 0.219. The summed E-state index contributed by atoms with van der Waals surface area (Å²) in [5.41, 5.74) is 2.85. The number of sulfonamides is 1. The molecule has 0 bridgehead atoms. The molecule has 0 saturated carbocycles. The SMILES string of the molecule is Cc1ccc(S(=O)(=O)NCc2nc(CN3CCCCC3)cs2)c(C)c1. The molecule has 0 atom stereocenters. The second kappa shape index (κ2) is 7.95. The van der Waals surface area contributed by atoms with Crippen molar-refractivity contribution in [3.8, 4) is 0 Å². The van der Waals surface area contributed by atoms with Gasteiger partial charge in [-0.2, -0.15) is 0 Å². The predicted octanol–water partition coefficient (Wildman–Crippen LogP) is 3.22. The first-order chi connectivity index (χ1) is 11.9. The Morgan fingerprint density at radius 2 is 1.96 bits per heavy atom. The minimum Gasteiger partial charge on any atom is -0.297 e. The molecular formula is C18H25N3O2S2. The summed E-state index contributed by atoms with van der Waals surface area (Å²) < 4.78 is 27.7. The van der Waals surface area contributed by atoms with Crippen molar-refractivity contribution in [1.29, 1.82) is 0 Å². The monoisotopic (exact) mass is 379 g/mol. The van der Waals surface area contributed by atoms with Crippen molar-refractivity contribution in [3.05, 3.63) is 45.4 Å². The van der Waals surface area contributed by atoms with Crippen molar-refractivity contribution >= 4 is 21.4 Å². The highest BCUT2D eigenvalue weighted by Gasteiger charge is 2.18. The van der Waals surface area contributed by atoms with E-state index in [4.69, 9.17) is 0 Å². The molecule has 136 valence electrons. The Morgan fingerprint density at radius 3 is 2.68 bits per heavy atom. The minimum atomic E-state index is -3.52. The highest BCUT2D eigenvalue weighted by Crippen LogP contribution is 2.18. The number of hydrogen-bond donors (Lipinski definition) is 1. The van der Waals surface area contributed by atoms with Crippen LogP contribution in [0.3, 0.4) is 0 Å². The number of benzene rings is 1. The Balaban J connectivity index is 1.61. The zero-order valence-electron chi connectivity index (χ0n) is 14.8. The van der Waals surface area contributed by atoms with Gasteiger partial charge in [0.1, 0.15) is 5.01 Å². The quantitative estimate of drug-likeness (QED) is 0.837. The second-order valence-corrected chi connectivity index (χ2v) is 9.34. The van der Waals surface area contributed by atoms with E-state index in [1.54, 1.807) is 6.07 Å². The number of hydrogen-bond acceptors (Lipinski definition) is 5. The largest absolute Gasteiger partial charge is 0.297 e. The molecule has 0 spiro atoms. The van der Waals surface area contributed by atoms with Gasteiger partial charge >= 0.3 is 0 Å². The molecule has 0 radical (unpaired) electrons. The van der Waals surface area contributed by atoms with Crippen LogP contribution in [0.5, 0.6) is 0 Å². The van der Waals surface area contributed by atoms with Crippen molar-refractivity contribution < 1.29 is 8.42 Å². The van der Waals surface area contributed by atoms with Crippen LogP contribution >= 0.6 is 11.3 Å². The van der Waals surface area contributed by atoms with E-state index in [1.165, 1.54) is 30.6 Å². The summed E-state index contributed by atoms with van der Waals surface area (Å²) in [6.45, 7) is 7.14. The Kier molecular flexibility index (Phi) is 5.89. The van der Waals surface area contributed by atoms with Crippen molar-refractivity contribution in [3.63, 3.8) is 0 Å². The number of nitrogens with one attached hydrogen (secondary N) is 1. The highest BCUT2D eigenvalue weighted by molar-refractivity contribution is 7.89. The molecule has 1 aromatic heterocycles. The predicted molar refractivity (Wildman–Crippen MR) is 101 cm³/mol. The zero-order valence-corrected chi connectivity index (χ0v) is 16.4. The van der Waals surface area contributed by atoms with E-state index in [0.717, 1.165) is 41.5 Å². The van der Waals surface area contributed by atoms with Gasteiger partial charge in [-0.3, -0.25) is 4.90 Å². The fraction of sp³-hybridized carbons (Fsp3) is 0.500. The molecule has 1 saturated heterocycles. The molecule has 1 aliphatic heterocycles. The molecule has 25 heavy (non-hydrogen) atoms. The molecule has 2 aromatic rings. The smallest absolute Gasteiger partial charge is 0.241 e. The summed E-state index contributed by atoms with van der Waals surface area (Å²) >= 11 is 1.52. The van der Waals surface area contributed by atoms with Gasteiger partial charge in [0.25, 0.3) is 0 Å². The van der Waals surface area contributed by atoms with Gasteiger partial charge in [-0.05, 0) is 51.4 Å². The van der Waals surface area contributed by atoms with Crippen LogP contribution in [0.1, 0.15) is 41.1 Å². The fourth-order valence-electron chi connectivity index (χ4n) is 3.18.